The normalized spacial score (nSPS) is 24.5. The van der Waals surface area contributed by atoms with Crippen molar-refractivity contribution < 1.29 is 36.3 Å². The fourth-order valence-corrected chi connectivity index (χ4v) is 7.45. The largest absolute Gasteiger partial charge is 0.480 e. The third kappa shape index (κ3) is 8.57. The zero-order chi connectivity index (χ0) is 29.6. The lowest BCUT2D eigenvalue weighted by atomic mass is 10.0. The molecule has 2 atom stereocenters. The highest BCUT2D eigenvalue weighted by molar-refractivity contribution is 7.92. The zero-order valence-corrected chi connectivity index (χ0v) is 24.3. The molecule has 0 bridgehead atoms. The van der Waals surface area contributed by atoms with Crippen molar-refractivity contribution in [2.75, 3.05) is 18.8 Å². The second-order valence-electron chi connectivity index (χ2n) is 12.1. The number of rotatable bonds is 15. The Morgan fingerprint density at radius 2 is 1.60 bits per heavy atom. The molecule has 40 heavy (non-hydrogen) atoms. The summed E-state index contributed by atoms with van der Waals surface area (Å²) >= 11 is 0. The fourth-order valence-electron chi connectivity index (χ4n) is 5.32. The average molecular weight is 592 g/mol. The van der Waals surface area contributed by atoms with E-state index in [0.717, 1.165) is 32.2 Å². The van der Waals surface area contributed by atoms with Crippen molar-refractivity contribution in [1.82, 2.24) is 10.2 Å². The quantitative estimate of drug-likeness (QED) is 0.257. The second kappa shape index (κ2) is 13.4. The molecule has 8 nitrogen and oxygen atoms in total. The van der Waals surface area contributed by atoms with Crippen molar-refractivity contribution in [2.24, 2.45) is 11.3 Å². The maximum absolute atomic E-state index is 13.1. The number of amides is 1. The number of likely N-dealkylation sites (tertiary alicyclic amines) is 1. The van der Waals surface area contributed by atoms with Gasteiger partial charge in [-0.3, -0.25) is 10.1 Å². The summed E-state index contributed by atoms with van der Waals surface area (Å²) in [7, 11) is -3.63. The summed E-state index contributed by atoms with van der Waals surface area (Å²) in [6.45, 7) is 2.82. The van der Waals surface area contributed by atoms with Gasteiger partial charge in [0.05, 0.1) is 17.1 Å². The van der Waals surface area contributed by atoms with Gasteiger partial charge in [-0.05, 0) is 63.8 Å². The van der Waals surface area contributed by atoms with E-state index in [1.807, 2.05) is 0 Å². The molecule has 1 aliphatic heterocycles. The molecule has 4 aliphatic rings. The predicted octanol–water partition coefficient (Wildman–Crippen LogP) is 4.98. The molecule has 0 radical (unpaired) electrons. The van der Waals surface area contributed by atoms with Crippen LogP contribution in [0.4, 0.5) is 13.2 Å². The van der Waals surface area contributed by atoms with Gasteiger partial charge in [0.2, 0.25) is 5.91 Å². The minimum atomic E-state index is -4.75. The van der Waals surface area contributed by atoms with Crippen LogP contribution in [0.3, 0.4) is 0 Å². The van der Waals surface area contributed by atoms with E-state index in [0.29, 0.717) is 4.90 Å². The smallest absolute Gasteiger partial charge is 0.403 e. The molecule has 3 saturated carbocycles. The Labute approximate surface area is 236 Å². The molecular weight excluding hydrogens is 547 g/mol. The summed E-state index contributed by atoms with van der Waals surface area (Å²) in [6.07, 6.45) is 8.69. The van der Waals surface area contributed by atoms with Crippen LogP contribution in [0.5, 0.6) is 0 Å². The minimum Gasteiger partial charge on any atom is -0.480 e. The lowest BCUT2D eigenvalue weighted by Gasteiger charge is -2.28. The van der Waals surface area contributed by atoms with Crippen LogP contribution in [-0.4, -0.2) is 72.2 Å². The van der Waals surface area contributed by atoms with Gasteiger partial charge < -0.3 is 10.0 Å². The highest BCUT2D eigenvalue weighted by Crippen LogP contribution is 2.59. The summed E-state index contributed by atoms with van der Waals surface area (Å²) in [5, 5.41) is 20.4. The predicted molar refractivity (Wildman–Crippen MR) is 144 cm³/mol. The van der Waals surface area contributed by atoms with Gasteiger partial charge in [-0.2, -0.15) is 18.4 Å². The van der Waals surface area contributed by atoms with Gasteiger partial charge in [0, 0.05) is 6.54 Å². The number of carbonyl (C=O) groups is 2. The molecule has 1 amide bonds. The van der Waals surface area contributed by atoms with E-state index in [1.54, 1.807) is 0 Å². The average Bonchev–Trinajstić information content (AvgIpc) is 3.78. The SMILES string of the molecule is CCCCCCCCCCNC1(C#N)CC1.O=C(O)[C@@H]1C[C@@H](S(=O)(=O)CC2CC2)CN1C(=O)C1(C(F)(F)F)CC1. The third-order valence-electron chi connectivity index (χ3n) is 8.64. The first-order chi connectivity index (χ1) is 18.8. The highest BCUT2D eigenvalue weighted by atomic mass is 32.2. The molecule has 228 valence electrons. The molecule has 4 fully saturated rings. The Balaban J connectivity index is 0.000000241. The molecule has 3 aliphatic carbocycles. The van der Waals surface area contributed by atoms with Crippen LogP contribution >= 0.6 is 0 Å². The number of sulfone groups is 1. The number of nitriles is 1. The van der Waals surface area contributed by atoms with E-state index in [4.69, 9.17) is 5.26 Å². The van der Waals surface area contributed by atoms with Crippen LogP contribution in [-0.2, 0) is 19.4 Å². The van der Waals surface area contributed by atoms with Crippen LogP contribution in [0.1, 0.15) is 103 Å². The first kappa shape index (κ1) is 32.6. The summed E-state index contributed by atoms with van der Waals surface area (Å²) in [6, 6.07) is 0.849. The Kier molecular flexibility index (Phi) is 10.9. The Bertz CT molecular complexity index is 1030. The third-order valence-corrected chi connectivity index (χ3v) is 10.9. The monoisotopic (exact) mass is 591 g/mol. The highest BCUT2D eigenvalue weighted by Gasteiger charge is 2.70. The molecule has 1 saturated heterocycles. The number of aliphatic carboxylic acids is 1. The number of alkyl halides is 3. The topological polar surface area (TPSA) is 128 Å². The first-order valence-corrected chi connectivity index (χ1v) is 16.5. The van der Waals surface area contributed by atoms with Gasteiger partial charge in [-0.15, -0.1) is 0 Å². The molecular formula is C28H44F3N3O5S. The maximum atomic E-state index is 13.1. The molecule has 1 heterocycles. The van der Waals surface area contributed by atoms with Gasteiger partial charge in [0.1, 0.15) is 17.0 Å². The number of carboxylic acid groups (broad SMARTS) is 1. The number of unbranched alkanes of at least 4 members (excludes halogenated alkanes) is 7. The maximum Gasteiger partial charge on any atom is 0.403 e. The van der Waals surface area contributed by atoms with E-state index in [9.17, 15) is 36.3 Å². The lowest BCUT2D eigenvalue weighted by Crippen LogP contribution is -2.48. The summed E-state index contributed by atoms with van der Waals surface area (Å²) < 4.78 is 64.0. The molecule has 2 N–H and O–H groups in total. The molecule has 4 rings (SSSR count). The van der Waals surface area contributed by atoms with Crippen molar-refractivity contribution in [3.8, 4) is 6.07 Å². The Hall–Kier alpha value is -1.87. The van der Waals surface area contributed by atoms with E-state index >= 15 is 0 Å². The van der Waals surface area contributed by atoms with Crippen LogP contribution in [0.2, 0.25) is 0 Å². The van der Waals surface area contributed by atoms with Crippen molar-refractivity contribution in [3.63, 3.8) is 0 Å². The van der Waals surface area contributed by atoms with Crippen LogP contribution in [0.15, 0.2) is 0 Å². The van der Waals surface area contributed by atoms with Gasteiger partial charge in [0.25, 0.3) is 0 Å². The van der Waals surface area contributed by atoms with Crippen LogP contribution in [0, 0.1) is 22.7 Å². The zero-order valence-electron chi connectivity index (χ0n) is 23.5. The number of hydrogen-bond acceptors (Lipinski definition) is 6. The van der Waals surface area contributed by atoms with Gasteiger partial charge in [-0.25, -0.2) is 13.2 Å². The van der Waals surface area contributed by atoms with E-state index < -0.39 is 51.1 Å². The molecule has 0 spiro atoms. The molecule has 0 aromatic heterocycles. The summed E-state index contributed by atoms with van der Waals surface area (Å²) in [5.41, 5.74) is -2.64. The fraction of sp³-hybridized carbons (Fsp3) is 0.893. The van der Waals surface area contributed by atoms with E-state index in [1.165, 1.54) is 51.4 Å². The van der Waals surface area contributed by atoms with Crippen molar-refractivity contribution in [2.45, 2.75) is 126 Å². The summed E-state index contributed by atoms with van der Waals surface area (Å²) in [5.74, 6) is -2.80. The number of nitrogens with one attached hydrogen (secondary N) is 1. The van der Waals surface area contributed by atoms with Gasteiger partial charge in [-0.1, -0.05) is 51.9 Å². The Morgan fingerprint density at radius 3 is 2.05 bits per heavy atom. The van der Waals surface area contributed by atoms with Crippen molar-refractivity contribution in [1.29, 1.82) is 5.26 Å². The molecule has 12 heteroatoms. The van der Waals surface area contributed by atoms with E-state index in [-0.39, 0.29) is 36.5 Å². The van der Waals surface area contributed by atoms with Crippen LogP contribution < -0.4 is 5.32 Å². The lowest BCUT2D eigenvalue weighted by molar-refractivity contribution is -0.199. The summed E-state index contributed by atoms with van der Waals surface area (Å²) in [4.78, 5) is 24.3. The van der Waals surface area contributed by atoms with Gasteiger partial charge in [0.15, 0.2) is 9.84 Å². The number of carbonyl (C=O) groups excluding carboxylic acids is 1. The van der Waals surface area contributed by atoms with Gasteiger partial charge >= 0.3 is 12.1 Å². The van der Waals surface area contributed by atoms with Crippen molar-refractivity contribution >= 4 is 21.7 Å². The van der Waals surface area contributed by atoms with E-state index in [2.05, 4.69) is 18.3 Å². The number of carboxylic acids is 1. The minimum absolute atomic E-state index is 0.0491. The number of hydrogen-bond donors (Lipinski definition) is 2. The first-order valence-electron chi connectivity index (χ1n) is 14.8. The van der Waals surface area contributed by atoms with Crippen molar-refractivity contribution in [3.05, 3.63) is 0 Å². The second-order valence-corrected chi connectivity index (χ2v) is 14.4. The number of halogens is 3. The standard InChI is InChI=1S/C14H18F3NO5S.C14H26N2/c15-14(16,17)13(3-4-13)12(21)18-6-9(5-10(18)11(19)20)24(22,23)7-8-1-2-8;1-2-3-4-5-6-7-8-9-12-16-14(13-15)10-11-14/h8-10H,1-7H2,(H,19,20);16H,2-12H2,1H3/t9-,10+;/m1./s1. The van der Waals surface area contributed by atoms with Crippen LogP contribution in [0.25, 0.3) is 0 Å². The Morgan fingerprint density at radius 1 is 1.02 bits per heavy atom. The molecule has 0 unspecified atom stereocenters. The molecule has 0 aromatic rings. The molecule has 0 aromatic carbocycles. The number of nitrogens with zero attached hydrogens (tertiary/aromatic N) is 2.